The van der Waals surface area contributed by atoms with Crippen LogP contribution in [-0.2, 0) is 0 Å². The first kappa shape index (κ1) is 78.1. The molecule has 0 fully saturated rings. The molecule has 0 heterocycles. The van der Waals surface area contributed by atoms with Gasteiger partial charge in [-0.2, -0.15) is 0 Å². The maximum Gasteiger partial charge on any atom is 0.0450 e. The van der Waals surface area contributed by atoms with Crippen LogP contribution >= 0.6 is 0 Å². The predicted molar refractivity (Wildman–Crippen MR) is 376 cm³/mol. The Morgan fingerprint density at radius 1 is 0.117 bits per heavy atom. The van der Waals surface area contributed by atoms with Gasteiger partial charge in [-0.25, -0.2) is 0 Å². The van der Waals surface area contributed by atoms with Gasteiger partial charge < -0.3 is 0 Å². The van der Waals surface area contributed by atoms with E-state index >= 15 is 0 Å². The Bertz CT molecular complexity index is 1010. The fourth-order valence-corrected chi connectivity index (χ4v) is 160. The molecular weight excluding hydrogens is 1010 g/mol. The SMILES string of the molecule is CCCCCC[Si](CCCCCC)(CCCCCC)[Si](CCCCCC)(CCCCCC)[Si](CCCCCC)(CCCCCC)[Si](CCCCCC)(CCCCCC)[Si](CCCCCC)(CCCCCC)CCCCCC. The average Bonchev–Trinajstić information content (AvgIpc) is 3.46. The quantitative estimate of drug-likeness (QED) is 0.0421. The third kappa shape index (κ3) is 29.6. The Kier molecular flexibility index (Phi) is 54.5. The van der Waals surface area contributed by atoms with Crippen LogP contribution in [0.3, 0.4) is 0 Å². The summed E-state index contributed by atoms with van der Waals surface area (Å²) in [5.74, 6) is 0. The zero-order valence-corrected chi connectivity index (χ0v) is 61.9. The summed E-state index contributed by atoms with van der Waals surface area (Å²) in [6, 6.07) is 22.3. The Morgan fingerprint density at radius 2 is 0.234 bits per heavy atom. The third-order valence-corrected chi connectivity index (χ3v) is 112. The van der Waals surface area contributed by atoms with Gasteiger partial charge in [0.15, 0.2) is 0 Å². The van der Waals surface area contributed by atoms with Crippen molar-refractivity contribution >= 4 is 36.5 Å². The molecule has 0 spiro atoms. The molecule has 0 bridgehead atoms. The minimum Gasteiger partial charge on any atom is -0.0654 e. The van der Waals surface area contributed by atoms with Gasteiger partial charge in [0.25, 0.3) is 0 Å². The number of unbranched alkanes of at least 4 members (excludes halogenated alkanes) is 36. The van der Waals surface area contributed by atoms with Gasteiger partial charge in [0.1, 0.15) is 0 Å². The van der Waals surface area contributed by atoms with E-state index in [2.05, 4.69) is 83.1 Å². The molecule has 0 unspecified atom stereocenters. The molecular formula is C72H156Si5. The minimum atomic E-state index is -1.98. The first-order chi connectivity index (χ1) is 37.7. The summed E-state index contributed by atoms with van der Waals surface area (Å²) >= 11 is 0. The Labute approximate surface area is 497 Å². The molecule has 0 saturated carbocycles. The number of hydrogen-bond acceptors (Lipinski definition) is 0. The lowest BCUT2D eigenvalue weighted by molar-refractivity contribution is 0.661. The van der Waals surface area contributed by atoms with Crippen molar-refractivity contribution in [1.29, 1.82) is 0 Å². The van der Waals surface area contributed by atoms with E-state index in [0.717, 1.165) is 0 Å². The fraction of sp³-hybridized carbons (Fsp3) is 1.00. The monoisotopic (exact) mass is 1160 g/mol. The summed E-state index contributed by atoms with van der Waals surface area (Å²) in [5.41, 5.74) is 0. The van der Waals surface area contributed by atoms with E-state index in [1.165, 1.54) is 154 Å². The predicted octanol–water partition coefficient (Wildman–Crippen LogP) is 28.5. The second-order valence-corrected chi connectivity index (χ2v) is 73.2. The molecule has 0 aliphatic heterocycles. The molecule has 0 N–H and O–H groups in total. The van der Waals surface area contributed by atoms with Gasteiger partial charge in [0.05, 0.1) is 0 Å². The van der Waals surface area contributed by atoms with Crippen molar-refractivity contribution in [1.82, 2.24) is 0 Å². The van der Waals surface area contributed by atoms with Crippen molar-refractivity contribution in [2.45, 2.75) is 464 Å². The van der Waals surface area contributed by atoms with Crippen LogP contribution < -0.4 is 0 Å². The summed E-state index contributed by atoms with van der Waals surface area (Å²) in [6.07, 6.45) is 74.0. The molecule has 0 aromatic heterocycles. The van der Waals surface area contributed by atoms with Crippen molar-refractivity contribution in [2.24, 2.45) is 0 Å². The maximum atomic E-state index is 2.57. The van der Waals surface area contributed by atoms with Crippen molar-refractivity contribution in [3.63, 3.8) is 0 Å². The topological polar surface area (TPSA) is 0 Å². The molecule has 0 aromatic rings. The van der Waals surface area contributed by atoms with E-state index in [1.807, 2.05) is 72.5 Å². The Balaban J connectivity index is 10.6. The highest BCUT2D eigenvalue weighted by atomic mass is 29.9. The molecule has 0 aromatic carbocycles. The average molecular weight is 1160 g/mol. The lowest BCUT2D eigenvalue weighted by Crippen LogP contribution is -2.91. The lowest BCUT2D eigenvalue weighted by Gasteiger charge is -2.70. The molecule has 0 aliphatic carbocycles. The standard InChI is InChI=1S/C72H156Si5/c1-13-25-37-49-61-73(62-50-38-26-14-2,63-51-39-27-15-3)75(67-55-43-31-19-7,68-56-44-32-20-8)77(71-59-47-35-23-11,72-60-48-36-24-12)76(69-57-45-33-21-9,70-58-46-34-22-10)74(64-52-40-28-16-4,65-53-41-29-17-5)66-54-42-30-18-6/h13-72H2,1-12H3. The van der Waals surface area contributed by atoms with Crippen molar-refractivity contribution in [2.75, 3.05) is 0 Å². The zero-order chi connectivity index (χ0) is 56.9. The van der Waals surface area contributed by atoms with Gasteiger partial charge in [0.2, 0.25) is 0 Å². The van der Waals surface area contributed by atoms with E-state index < -0.39 is 36.5 Å². The molecule has 0 nitrogen and oxygen atoms in total. The maximum absolute atomic E-state index is 2.57. The molecule has 0 radical (unpaired) electrons. The molecule has 77 heavy (non-hydrogen) atoms. The molecule has 0 aliphatic rings. The van der Waals surface area contributed by atoms with Crippen LogP contribution in [0.2, 0.25) is 72.5 Å². The second-order valence-electron chi connectivity index (χ2n) is 27.5. The van der Waals surface area contributed by atoms with Crippen LogP contribution in [0.1, 0.15) is 391 Å². The van der Waals surface area contributed by atoms with Gasteiger partial charge in [0, 0.05) is 36.5 Å². The van der Waals surface area contributed by atoms with E-state index in [-0.39, 0.29) is 0 Å². The Morgan fingerprint density at radius 3 is 0.364 bits per heavy atom. The summed E-state index contributed by atoms with van der Waals surface area (Å²) in [6.45, 7) is 30.6. The van der Waals surface area contributed by atoms with Gasteiger partial charge in [-0.3, -0.25) is 0 Å². The second kappa shape index (κ2) is 53.8. The molecule has 0 rings (SSSR count). The normalized spacial score (nSPS) is 12.9. The van der Waals surface area contributed by atoms with Crippen LogP contribution in [-0.4, -0.2) is 36.5 Å². The van der Waals surface area contributed by atoms with Gasteiger partial charge in [-0.15, -0.1) is 0 Å². The van der Waals surface area contributed by atoms with Gasteiger partial charge >= 0.3 is 0 Å². The van der Waals surface area contributed by atoms with Crippen molar-refractivity contribution in [3.05, 3.63) is 0 Å². The number of rotatable bonds is 64. The number of hydrogen-bond donors (Lipinski definition) is 0. The fourth-order valence-electron chi connectivity index (χ4n) is 17.5. The van der Waals surface area contributed by atoms with Crippen LogP contribution in [0.25, 0.3) is 0 Å². The van der Waals surface area contributed by atoms with Crippen LogP contribution in [0.5, 0.6) is 0 Å². The summed E-state index contributed by atoms with van der Waals surface area (Å²) in [5, 5.41) is 0. The molecule has 5 heteroatoms. The molecule has 0 amide bonds. The van der Waals surface area contributed by atoms with Gasteiger partial charge in [-0.05, 0) is 0 Å². The highest BCUT2D eigenvalue weighted by Gasteiger charge is 2.73. The summed E-state index contributed by atoms with van der Waals surface area (Å²) in [4.78, 5) is 0. The summed E-state index contributed by atoms with van der Waals surface area (Å²) < 4.78 is 0. The zero-order valence-electron chi connectivity index (χ0n) is 56.9. The molecule has 464 valence electrons. The van der Waals surface area contributed by atoms with E-state index in [1.54, 1.807) is 154 Å². The van der Waals surface area contributed by atoms with Crippen LogP contribution in [0.4, 0.5) is 0 Å². The highest BCUT2D eigenvalue weighted by molar-refractivity contribution is 7.93. The third-order valence-electron chi connectivity index (χ3n) is 21.7. The van der Waals surface area contributed by atoms with Crippen molar-refractivity contribution in [3.8, 4) is 0 Å². The minimum absolute atomic E-state index is 1.42. The van der Waals surface area contributed by atoms with Gasteiger partial charge in [-0.1, -0.05) is 464 Å². The van der Waals surface area contributed by atoms with E-state index in [9.17, 15) is 0 Å². The van der Waals surface area contributed by atoms with Crippen LogP contribution in [0, 0.1) is 0 Å². The highest BCUT2D eigenvalue weighted by Crippen LogP contribution is 2.60. The van der Waals surface area contributed by atoms with E-state index in [0.29, 0.717) is 0 Å². The lowest BCUT2D eigenvalue weighted by atomic mass is 10.2. The van der Waals surface area contributed by atoms with Crippen LogP contribution in [0.15, 0.2) is 0 Å². The largest absolute Gasteiger partial charge is 0.0654 e. The smallest absolute Gasteiger partial charge is 0.0450 e. The van der Waals surface area contributed by atoms with Crippen molar-refractivity contribution < 1.29 is 0 Å². The molecule has 0 atom stereocenters. The van der Waals surface area contributed by atoms with E-state index in [4.69, 9.17) is 0 Å². The molecule has 0 saturated heterocycles. The summed E-state index contributed by atoms with van der Waals surface area (Å²) in [7, 11) is -9.41. The first-order valence-corrected chi connectivity index (χ1v) is 54.2. The first-order valence-electron chi connectivity index (χ1n) is 37.7. The Hall–Kier alpha value is 1.08.